The molecule has 0 saturated carbocycles. The van der Waals surface area contributed by atoms with Crippen molar-refractivity contribution in [2.24, 2.45) is 5.73 Å². The molecule has 2 atom stereocenters. The number of likely N-dealkylation sites (tertiary alicyclic amines) is 1. The molecule has 1 aliphatic rings. The molecule has 128 valence electrons. The average Bonchev–Trinajstić information content (AvgIpc) is 2.63. The normalized spacial score (nSPS) is 19.9. The molecule has 1 aromatic carbocycles. The summed E-state index contributed by atoms with van der Waals surface area (Å²) < 4.78 is 0. The third kappa shape index (κ3) is 3.94. The van der Waals surface area contributed by atoms with Gasteiger partial charge in [-0.15, -0.1) is 0 Å². The Morgan fingerprint density at radius 2 is 2.00 bits per heavy atom. The van der Waals surface area contributed by atoms with Crippen molar-refractivity contribution in [3.8, 4) is 0 Å². The van der Waals surface area contributed by atoms with Crippen molar-refractivity contribution in [1.82, 2.24) is 9.88 Å². The van der Waals surface area contributed by atoms with Crippen LogP contribution < -0.4 is 10.6 Å². The molecule has 24 heavy (non-hydrogen) atoms. The largest absolute Gasteiger partial charge is 0.329 e. The summed E-state index contributed by atoms with van der Waals surface area (Å²) in [7, 11) is 2.05. The van der Waals surface area contributed by atoms with Crippen LogP contribution in [0.4, 0.5) is 11.5 Å². The second kappa shape index (κ2) is 7.77. The maximum Gasteiger partial charge on any atom is 0.132 e. The number of pyridine rings is 1. The van der Waals surface area contributed by atoms with Gasteiger partial charge < -0.3 is 10.6 Å². The predicted molar refractivity (Wildman–Crippen MR) is 100 cm³/mol. The minimum atomic E-state index is 0.224. The first kappa shape index (κ1) is 16.9. The van der Waals surface area contributed by atoms with Crippen LogP contribution in [0.2, 0.25) is 0 Å². The van der Waals surface area contributed by atoms with Gasteiger partial charge in [-0.1, -0.05) is 30.7 Å². The van der Waals surface area contributed by atoms with E-state index in [4.69, 9.17) is 5.73 Å². The summed E-state index contributed by atoms with van der Waals surface area (Å²) in [5.41, 5.74) is 8.58. The van der Waals surface area contributed by atoms with Gasteiger partial charge in [0.1, 0.15) is 5.82 Å². The van der Waals surface area contributed by atoms with Crippen LogP contribution in [-0.2, 0) is 6.54 Å². The number of anilines is 2. The SMILES string of the molecule is CC(N)C1CCCCN1Cc1ccc(N(C)c2ccccc2)nc1. The highest BCUT2D eigenvalue weighted by Crippen LogP contribution is 2.23. The number of rotatable bonds is 5. The van der Waals surface area contributed by atoms with Gasteiger partial charge in [-0.2, -0.15) is 0 Å². The molecule has 2 aromatic rings. The van der Waals surface area contributed by atoms with Gasteiger partial charge in [0.05, 0.1) is 0 Å². The highest BCUT2D eigenvalue weighted by Gasteiger charge is 2.25. The number of aromatic nitrogens is 1. The van der Waals surface area contributed by atoms with E-state index in [-0.39, 0.29) is 6.04 Å². The minimum absolute atomic E-state index is 0.224. The fourth-order valence-corrected chi connectivity index (χ4v) is 3.54. The van der Waals surface area contributed by atoms with E-state index >= 15 is 0 Å². The zero-order valence-electron chi connectivity index (χ0n) is 14.7. The second-order valence-corrected chi connectivity index (χ2v) is 6.81. The van der Waals surface area contributed by atoms with E-state index in [1.807, 2.05) is 31.4 Å². The summed E-state index contributed by atoms with van der Waals surface area (Å²) >= 11 is 0. The number of para-hydroxylation sites is 1. The molecule has 2 unspecified atom stereocenters. The van der Waals surface area contributed by atoms with Gasteiger partial charge in [-0.25, -0.2) is 4.98 Å². The number of hydrogen-bond acceptors (Lipinski definition) is 4. The predicted octanol–water partition coefficient (Wildman–Crippen LogP) is 3.55. The van der Waals surface area contributed by atoms with E-state index in [9.17, 15) is 0 Å². The zero-order valence-corrected chi connectivity index (χ0v) is 14.7. The van der Waals surface area contributed by atoms with Gasteiger partial charge >= 0.3 is 0 Å². The van der Waals surface area contributed by atoms with Crippen LogP contribution in [0.5, 0.6) is 0 Å². The number of nitrogens with zero attached hydrogens (tertiary/aromatic N) is 3. The second-order valence-electron chi connectivity index (χ2n) is 6.81. The molecule has 1 fully saturated rings. The Bertz CT molecular complexity index is 624. The molecule has 4 heteroatoms. The standard InChI is InChI=1S/C20H28N4/c1-16(21)19-10-6-7-13-24(19)15-17-11-12-20(22-14-17)23(2)18-8-4-3-5-9-18/h3-5,8-9,11-12,14,16,19H,6-7,10,13,15,21H2,1-2H3. The van der Waals surface area contributed by atoms with Gasteiger partial charge in [0.25, 0.3) is 0 Å². The smallest absolute Gasteiger partial charge is 0.132 e. The van der Waals surface area contributed by atoms with E-state index in [1.165, 1.54) is 24.8 Å². The molecule has 0 radical (unpaired) electrons. The molecule has 0 aliphatic carbocycles. The molecule has 0 spiro atoms. The van der Waals surface area contributed by atoms with E-state index in [0.717, 1.165) is 24.6 Å². The molecule has 3 rings (SSSR count). The summed E-state index contributed by atoms with van der Waals surface area (Å²) in [6.45, 7) is 4.20. The first-order chi connectivity index (χ1) is 11.6. The number of hydrogen-bond donors (Lipinski definition) is 1. The van der Waals surface area contributed by atoms with Crippen LogP contribution >= 0.6 is 0 Å². The molecule has 0 amide bonds. The lowest BCUT2D eigenvalue weighted by molar-refractivity contribution is 0.123. The van der Waals surface area contributed by atoms with E-state index < -0.39 is 0 Å². The maximum atomic E-state index is 6.18. The van der Waals surface area contributed by atoms with Crippen molar-refractivity contribution in [3.63, 3.8) is 0 Å². The lowest BCUT2D eigenvalue weighted by atomic mass is 9.96. The van der Waals surface area contributed by atoms with E-state index in [1.54, 1.807) is 0 Å². The van der Waals surface area contributed by atoms with Gasteiger partial charge in [0, 0.05) is 37.6 Å². The summed E-state index contributed by atoms with van der Waals surface area (Å²) in [4.78, 5) is 9.28. The lowest BCUT2D eigenvalue weighted by Gasteiger charge is -2.38. The maximum absolute atomic E-state index is 6.18. The number of benzene rings is 1. The van der Waals surface area contributed by atoms with Crippen LogP contribution in [0.1, 0.15) is 31.7 Å². The Morgan fingerprint density at radius 1 is 1.21 bits per heavy atom. The topological polar surface area (TPSA) is 45.4 Å². The lowest BCUT2D eigenvalue weighted by Crippen LogP contribution is -2.48. The molecule has 1 saturated heterocycles. The van der Waals surface area contributed by atoms with Gasteiger partial charge in [-0.05, 0) is 50.1 Å². The first-order valence-corrected chi connectivity index (χ1v) is 8.88. The van der Waals surface area contributed by atoms with Crippen molar-refractivity contribution in [1.29, 1.82) is 0 Å². The molecule has 2 N–H and O–H groups in total. The highest BCUT2D eigenvalue weighted by molar-refractivity contribution is 5.58. The third-order valence-corrected chi connectivity index (χ3v) is 4.95. The quantitative estimate of drug-likeness (QED) is 0.913. The van der Waals surface area contributed by atoms with Crippen molar-refractivity contribution in [2.45, 2.75) is 44.8 Å². The Morgan fingerprint density at radius 3 is 2.67 bits per heavy atom. The van der Waals surface area contributed by atoms with E-state index in [2.05, 4.69) is 46.0 Å². The molecule has 1 aromatic heterocycles. The Hall–Kier alpha value is -1.91. The Kier molecular flexibility index (Phi) is 5.48. The van der Waals surface area contributed by atoms with Crippen molar-refractivity contribution in [2.75, 3.05) is 18.5 Å². The van der Waals surface area contributed by atoms with Gasteiger partial charge in [0.2, 0.25) is 0 Å². The Labute approximate surface area is 145 Å². The molecule has 4 nitrogen and oxygen atoms in total. The number of nitrogens with two attached hydrogens (primary N) is 1. The molecule has 1 aliphatic heterocycles. The zero-order chi connectivity index (χ0) is 16.9. The fraction of sp³-hybridized carbons (Fsp3) is 0.450. The van der Waals surface area contributed by atoms with Crippen molar-refractivity contribution in [3.05, 3.63) is 54.2 Å². The Balaban J connectivity index is 1.68. The molecular weight excluding hydrogens is 296 g/mol. The fourth-order valence-electron chi connectivity index (χ4n) is 3.54. The summed E-state index contributed by atoms with van der Waals surface area (Å²) in [5, 5.41) is 0. The molecule has 2 heterocycles. The number of piperidine rings is 1. The first-order valence-electron chi connectivity index (χ1n) is 8.88. The third-order valence-electron chi connectivity index (χ3n) is 4.95. The van der Waals surface area contributed by atoms with Crippen LogP contribution in [-0.4, -0.2) is 35.6 Å². The van der Waals surface area contributed by atoms with Gasteiger partial charge in [0.15, 0.2) is 0 Å². The summed E-state index contributed by atoms with van der Waals surface area (Å²) in [6.07, 6.45) is 5.77. The van der Waals surface area contributed by atoms with Gasteiger partial charge in [-0.3, -0.25) is 4.90 Å². The van der Waals surface area contributed by atoms with Crippen LogP contribution in [0.25, 0.3) is 0 Å². The molecular formula is C20H28N4. The minimum Gasteiger partial charge on any atom is -0.329 e. The average molecular weight is 324 g/mol. The molecule has 0 bridgehead atoms. The van der Waals surface area contributed by atoms with Crippen LogP contribution in [0, 0.1) is 0 Å². The monoisotopic (exact) mass is 324 g/mol. The highest BCUT2D eigenvalue weighted by atomic mass is 15.2. The van der Waals surface area contributed by atoms with Crippen molar-refractivity contribution < 1.29 is 0 Å². The van der Waals surface area contributed by atoms with Crippen LogP contribution in [0.15, 0.2) is 48.7 Å². The summed E-state index contributed by atoms with van der Waals surface area (Å²) in [5.74, 6) is 0.965. The van der Waals surface area contributed by atoms with Crippen LogP contribution in [0.3, 0.4) is 0 Å². The van der Waals surface area contributed by atoms with Crippen molar-refractivity contribution >= 4 is 11.5 Å². The summed E-state index contributed by atoms with van der Waals surface area (Å²) in [6, 6.07) is 15.3. The van der Waals surface area contributed by atoms with E-state index in [0.29, 0.717) is 6.04 Å².